The minimum Gasteiger partial charge on any atom is -0.394 e. The zero-order valence-electron chi connectivity index (χ0n) is 9.30. The summed E-state index contributed by atoms with van der Waals surface area (Å²) in [7, 11) is 0. The Hall–Kier alpha value is -0.160. The van der Waals surface area contributed by atoms with Gasteiger partial charge < -0.3 is 20.5 Å². The Morgan fingerprint density at radius 3 is 2.80 bits per heavy atom. The molecule has 2 saturated heterocycles. The summed E-state index contributed by atoms with van der Waals surface area (Å²) in [6.07, 6.45) is 4.39. The Bertz CT molecular complexity index is 187. The standard InChI is InChI=1S/C11H22N2O2/c14-9-11(3-6-15-7-4-11)13-8-10-2-1-5-12-10/h10,12-14H,1-9H2. The summed E-state index contributed by atoms with van der Waals surface area (Å²) in [5, 5.41) is 16.5. The monoisotopic (exact) mass is 214 g/mol. The maximum Gasteiger partial charge on any atom is 0.0615 e. The fourth-order valence-electron chi connectivity index (χ4n) is 2.42. The van der Waals surface area contributed by atoms with Crippen molar-refractivity contribution in [3.63, 3.8) is 0 Å². The SMILES string of the molecule is OCC1(NCC2CCCN2)CCOCC1. The number of ether oxygens (including phenoxy) is 1. The molecule has 88 valence electrons. The molecule has 0 amide bonds. The molecule has 2 aliphatic rings. The minimum absolute atomic E-state index is 0.0808. The minimum atomic E-state index is -0.0808. The van der Waals surface area contributed by atoms with Crippen molar-refractivity contribution in [2.75, 3.05) is 32.9 Å². The molecule has 0 radical (unpaired) electrons. The predicted molar refractivity (Wildman–Crippen MR) is 58.9 cm³/mol. The molecule has 0 aromatic carbocycles. The van der Waals surface area contributed by atoms with Crippen molar-refractivity contribution in [1.29, 1.82) is 0 Å². The topological polar surface area (TPSA) is 53.5 Å². The summed E-state index contributed by atoms with van der Waals surface area (Å²) < 4.78 is 5.33. The van der Waals surface area contributed by atoms with Crippen molar-refractivity contribution in [3.05, 3.63) is 0 Å². The predicted octanol–water partition coefficient (Wildman–Crippen LogP) is -0.131. The van der Waals surface area contributed by atoms with Crippen molar-refractivity contribution in [3.8, 4) is 0 Å². The second-order valence-electron chi connectivity index (χ2n) is 4.72. The van der Waals surface area contributed by atoms with E-state index in [1.54, 1.807) is 0 Å². The van der Waals surface area contributed by atoms with E-state index in [1.807, 2.05) is 0 Å². The van der Waals surface area contributed by atoms with Gasteiger partial charge in [-0.15, -0.1) is 0 Å². The number of hydrogen-bond acceptors (Lipinski definition) is 4. The maximum atomic E-state index is 9.48. The van der Waals surface area contributed by atoms with E-state index in [-0.39, 0.29) is 12.1 Å². The van der Waals surface area contributed by atoms with Crippen LogP contribution in [0, 0.1) is 0 Å². The third-order valence-electron chi connectivity index (χ3n) is 3.64. The third-order valence-corrected chi connectivity index (χ3v) is 3.64. The highest BCUT2D eigenvalue weighted by Gasteiger charge is 2.32. The first kappa shape index (κ1) is 11.3. The Labute approximate surface area is 91.4 Å². The lowest BCUT2D eigenvalue weighted by Crippen LogP contribution is -2.55. The lowest BCUT2D eigenvalue weighted by molar-refractivity contribution is 0.0113. The molecule has 2 fully saturated rings. The van der Waals surface area contributed by atoms with Gasteiger partial charge in [0.1, 0.15) is 0 Å². The second kappa shape index (κ2) is 5.25. The lowest BCUT2D eigenvalue weighted by atomic mass is 9.90. The van der Waals surface area contributed by atoms with Crippen molar-refractivity contribution in [2.24, 2.45) is 0 Å². The Balaban J connectivity index is 1.78. The van der Waals surface area contributed by atoms with Gasteiger partial charge in [-0.25, -0.2) is 0 Å². The van der Waals surface area contributed by atoms with E-state index in [1.165, 1.54) is 12.8 Å². The quantitative estimate of drug-likeness (QED) is 0.610. The van der Waals surface area contributed by atoms with Gasteiger partial charge in [-0.05, 0) is 32.2 Å². The third kappa shape index (κ3) is 2.91. The molecule has 4 nitrogen and oxygen atoms in total. The maximum absolute atomic E-state index is 9.48. The Morgan fingerprint density at radius 1 is 1.40 bits per heavy atom. The van der Waals surface area contributed by atoms with Gasteiger partial charge in [0, 0.05) is 31.3 Å². The zero-order chi connectivity index (χ0) is 10.6. The zero-order valence-corrected chi connectivity index (χ0v) is 9.30. The van der Waals surface area contributed by atoms with Gasteiger partial charge in [-0.1, -0.05) is 0 Å². The molecule has 0 aromatic heterocycles. The van der Waals surface area contributed by atoms with Gasteiger partial charge in [0.15, 0.2) is 0 Å². The lowest BCUT2D eigenvalue weighted by Gasteiger charge is -2.37. The van der Waals surface area contributed by atoms with Gasteiger partial charge in [0.05, 0.1) is 6.61 Å². The number of rotatable bonds is 4. The van der Waals surface area contributed by atoms with Crippen LogP contribution in [0.5, 0.6) is 0 Å². The first-order valence-corrected chi connectivity index (χ1v) is 6.02. The first-order valence-electron chi connectivity index (χ1n) is 6.02. The summed E-state index contributed by atoms with van der Waals surface area (Å²) in [6.45, 7) is 3.88. The van der Waals surface area contributed by atoms with Crippen LogP contribution in [0.1, 0.15) is 25.7 Å². The molecule has 2 rings (SSSR count). The van der Waals surface area contributed by atoms with E-state index in [4.69, 9.17) is 4.74 Å². The molecule has 2 heterocycles. The largest absolute Gasteiger partial charge is 0.394 e. The van der Waals surface area contributed by atoms with E-state index in [9.17, 15) is 5.11 Å². The summed E-state index contributed by atoms with van der Waals surface area (Å²) in [5.74, 6) is 0. The van der Waals surface area contributed by atoms with E-state index < -0.39 is 0 Å². The molecule has 0 saturated carbocycles. The Kier molecular flexibility index (Phi) is 3.97. The summed E-state index contributed by atoms with van der Waals surface area (Å²) in [5.41, 5.74) is -0.0808. The van der Waals surface area contributed by atoms with Crippen molar-refractivity contribution in [2.45, 2.75) is 37.3 Å². The molecule has 2 aliphatic heterocycles. The van der Waals surface area contributed by atoms with Crippen LogP contribution >= 0.6 is 0 Å². The molecule has 1 unspecified atom stereocenters. The molecular formula is C11H22N2O2. The fourth-order valence-corrected chi connectivity index (χ4v) is 2.42. The van der Waals surface area contributed by atoms with Crippen LogP contribution in [0.3, 0.4) is 0 Å². The molecule has 3 N–H and O–H groups in total. The van der Waals surface area contributed by atoms with Crippen molar-refractivity contribution >= 4 is 0 Å². The average molecular weight is 214 g/mol. The van der Waals surface area contributed by atoms with Gasteiger partial charge >= 0.3 is 0 Å². The van der Waals surface area contributed by atoms with E-state index in [2.05, 4.69) is 10.6 Å². The Morgan fingerprint density at radius 2 is 2.20 bits per heavy atom. The van der Waals surface area contributed by atoms with Crippen LogP contribution in [0.25, 0.3) is 0 Å². The molecule has 0 spiro atoms. The van der Waals surface area contributed by atoms with Crippen LogP contribution in [0.4, 0.5) is 0 Å². The number of aliphatic hydroxyl groups excluding tert-OH is 1. The first-order chi connectivity index (χ1) is 7.35. The van der Waals surface area contributed by atoms with Crippen LogP contribution in [-0.2, 0) is 4.74 Å². The molecule has 0 aliphatic carbocycles. The average Bonchev–Trinajstić information content (AvgIpc) is 2.81. The normalized spacial score (nSPS) is 30.6. The molecule has 15 heavy (non-hydrogen) atoms. The van der Waals surface area contributed by atoms with Crippen LogP contribution in [-0.4, -0.2) is 49.6 Å². The van der Waals surface area contributed by atoms with Crippen LogP contribution in [0.2, 0.25) is 0 Å². The highest BCUT2D eigenvalue weighted by Crippen LogP contribution is 2.20. The summed E-state index contributed by atoms with van der Waals surface area (Å²) in [6, 6.07) is 0.594. The molecular weight excluding hydrogens is 192 g/mol. The summed E-state index contributed by atoms with van der Waals surface area (Å²) in [4.78, 5) is 0. The van der Waals surface area contributed by atoms with Gasteiger partial charge in [-0.2, -0.15) is 0 Å². The fraction of sp³-hybridized carbons (Fsp3) is 1.00. The smallest absolute Gasteiger partial charge is 0.0615 e. The highest BCUT2D eigenvalue weighted by atomic mass is 16.5. The van der Waals surface area contributed by atoms with Crippen molar-refractivity contribution < 1.29 is 9.84 Å². The second-order valence-corrected chi connectivity index (χ2v) is 4.72. The molecule has 4 heteroatoms. The van der Waals surface area contributed by atoms with Crippen LogP contribution in [0.15, 0.2) is 0 Å². The number of aliphatic hydroxyl groups is 1. The van der Waals surface area contributed by atoms with Gasteiger partial charge in [0.2, 0.25) is 0 Å². The van der Waals surface area contributed by atoms with Gasteiger partial charge in [0.25, 0.3) is 0 Å². The summed E-state index contributed by atoms with van der Waals surface area (Å²) >= 11 is 0. The molecule has 0 aromatic rings. The van der Waals surface area contributed by atoms with E-state index >= 15 is 0 Å². The van der Waals surface area contributed by atoms with Gasteiger partial charge in [-0.3, -0.25) is 0 Å². The van der Waals surface area contributed by atoms with E-state index in [0.29, 0.717) is 6.04 Å². The number of hydrogen-bond donors (Lipinski definition) is 3. The van der Waals surface area contributed by atoms with E-state index in [0.717, 1.165) is 39.1 Å². The van der Waals surface area contributed by atoms with Crippen LogP contribution < -0.4 is 10.6 Å². The molecule has 1 atom stereocenters. The number of nitrogens with one attached hydrogen (secondary N) is 2. The molecule has 0 bridgehead atoms. The van der Waals surface area contributed by atoms with Crippen molar-refractivity contribution in [1.82, 2.24) is 10.6 Å². The highest BCUT2D eigenvalue weighted by molar-refractivity contribution is 4.91.